The van der Waals surface area contributed by atoms with Crippen molar-refractivity contribution in [2.75, 3.05) is 6.61 Å². The average molecular weight is 354 g/mol. The average Bonchev–Trinajstić information content (AvgIpc) is 2.32. The summed E-state index contributed by atoms with van der Waals surface area (Å²) < 4.78 is 31.7. The Labute approximate surface area is 134 Å². The van der Waals surface area contributed by atoms with Gasteiger partial charge in [-0.1, -0.05) is 23.2 Å². The number of rotatable bonds is 6. The molecule has 0 aromatic heterocycles. The van der Waals surface area contributed by atoms with Crippen LogP contribution in [0.3, 0.4) is 0 Å². The number of ether oxygens (including phenoxy) is 1. The zero-order valence-corrected chi connectivity index (χ0v) is 14.3. The number of nitrogens with one attached hydrogen (secondary N) is 1. The third kappa shape index (κ3) is 5.14. The van der Waals surface area contributed by atoms with E-state index < -0.39 is 22.0 Å². The second kappa shape index (κ2) is 7.45. The molecule has 1 N–H and O–H groups in total. The van der Waals surface area contributed by atoms with Crippen molar-refractivity contribution in [2.45, 2.75) is 38.1 Å². The maximum Gasteiger partial charge on any atom is 0.307 e. The Hall–Kier alpha value is -0.820. The maximum atomic E-state index is 12.3. The molecule has 8 heteroatoms. The number of hydrogen-bond donors (Lipinski definition) is 1. The smallest absolute Gasteiger partial charge is 0.307 e. The Kier molecular flexibility index (Phi) is 6.46. The minimum atomic E-state index is -3.84. The fourth-order valence-electron chi connectivity index (χ4n) is 1.68. The number of sulfonamides is 1. The molecule has 21 heavy (non-hydrogen) atoms. The number of benzene rings is 1. The van der Waals surface area contributed by atoms with E-state index in [2.05, 4.69) is 4.72 Å². The number of halogens is 2. The second-order valence-corrected chi connectivity index (χ2v) is 7.06. The van der Waals surface area contributed by atoms with E-state index in [-0.39, 0.29) is 22.9 Å². The van der Waals surface area contributed by atoms with E-state index >= 15 is 0 Å². The standard InChI is InChI=1S/C13H17Cl2NO4S/c1-4-20-13(17)6-9(3)16-21(18,19)12-5-8(2)10(14)7-11(12)15/h5,7,9,16H,4,6H2,1-3H3. The van der Waals surface area contributed by atoms with E-state index in [1.54, 1.807) is 20.8 Å². The number of carbonyl (C=O) groups excluding carboxylic acids is 1. The van der Waals surface area contributed by atoms with Crippen molar-refractivity contribution in [3.63, 3.8) is 0 Å². The van der Waals surface area contributed by atoms with Gasteiger partial charge in [0.15, 0.2) is 0 Å². The van der Waals surface area contributed by atoms with Crippen LogP contribution in [0, 0.1) is 6.92 Å². The third-order valence-corrected chi connectivity index (χ3v) is 5.10. The molecule has 1 unspecified atom stereocenters. The maximum absolute atomic E-state index is 12.3. The minimum absolute atomic E-state index is 0.0291. The van der Waals surface area contributed by atoms with Crippen molar-refractivity contribution in [1.29, 1.82) is 0 Å². The number of carbonyl (C=O) groups is 1. The molecular weight excluding hydrogens is 337 g/mol. The molecule has 5 nitrogen and oxygen atoms in total. The zero-order chi connectivity index (χ0) is 16.2. The molecule has 0 aliphatic heterocycles. The van der Waals surface area contributed by atoms with Crippen molar-refractivity contribution >= 4 is 39.2 Å². The molecule has 0 spiro atoms. The Balaban J connectivity index is 2.92. The molecule has 0 saturated heterocycles. The summed E-state index contributed by atoms with van der Waals surface area (Å²) in [7, 11) is -3.84. The van der Waals surface area contributed by atoms with Gasteiger partial charge in [-0.25, -0.2) is 13.1 Å². The normalized spacial score (nSPS) is 13.0. The summed E-state index contributed by atoms with van der Waals surface area (Å²) in [6.07, 6.45) is -0.0583. The first-order chi connectivity index (χ1) is 9.67. The molecule has 0 aliphatic rings. The lowest BCUT2D eigenvalue weighted by molar-refractivity contribution is -0.143. The molecule has 0 saturated carbocycles. The van der Waals surface area contributed by atoms with Gasteiger partial charge in [-0.3, -0.25) is 4.79 Å². The summed E-state index contributed by atoms with van der Waals surface area (Å²) in [5.41, 5.74) is 0.597. The number of aryl methyl sites for hydroxylation is 1. The van der Waals surface area contributed by atoms with Gasteiger partial charge in [0.05, 0.1) is 18.1 Å². The predicted molar refractivity (Wildman–Crippen MR) is 82.2 cm³/mol. The number of esters is 1. The first-order valence-electron chi connectivity index (χ1n) is 6.31. The number of hydrogen-bond acceptors (Lipinski definition) is 4. The Morgan fingerprint density at radius 2 is 1.95 bits per heavy atom. The van der Waals surface area contributed by atoms with Crippen LogP contribution in [0.1, 0.15) is 25.8 Å². The van der Waals surface area contributed by atoms with Crippen LogP contribution in [-0.2, 0) is 19.6 Å². The lowest BCUT2D eigenvalue weighted by Crippen LogP contribution is -2.34. The largest absolute Gasteiger partial charge is 0.466 e. The Bertz CT molecular complexity index is 631. The molecule has 0 amide bonds. The van der Waals surface area contributed by atoms with Gasteiger partial charge in [0.2, 0.25) is 10.0 Å². The molecule has 0 bridgehead atoms. The van der Waals surface area contributed by atoms with Gasteiger partial charge in [-0.15, -0.1) is 0 Å². The predicted octanol–water partition coefficient (Wildman–Crippen LogP) is 2.92. The minimum Gasteiger partial charge on any atom is -0.466 e. The summed E-state index contributed by atoms with van der Waals surface area (Å²) in [5, 5.41) is 0.417. The molecule has 1 rings (SSSR count). The van der Waals surface area contributed by atoms with E-state index in [9.17, 15) is 13.2 Å². The summed E-state index contributed by atoms with van der Waals surface area (Å²) in [4.78, 5) is 11.3. The first kappa shape index (κ1) is 18.2. The van der Waals surface area contributed by atoms with Crippen LogP contribution in [0.5, 0.6) is 0 Å². The lowest BCUT2D eigenvalue weighted by atomic mass is 10.2. The van der Waals surface area contributed by atoms with Crippen LogP contribution in [-0.4, -0.2) is 27.0 Å². The van der Waals surface area contributed by atoms with Crippen LogP contribution < -0.4 is 4.72 Å². The first-order valence-corrected chi connectivity index (χ1v) is 8.55. The molecular formula is C13H17Cl2NO4S. The van der Waals surface area contributed by atoms with Crippen molar-refractivity contribution in [3.8, 4) is 0 Å². The van der Waals surface area contributed by atoms with Gasteiger partial charge in [0.25, 0.3) is 0 Å². The van der Waals surface area contributed by atoms with Gasteiger partial charge < -0.3 is 4.74 Å². The van der Waals surface area contributed by atoms with E-state index in [0.29, 0.717) is 10.6 Å². The van der Waals surface area contributed by atoms with E-state index in [1.807, 2.05) is 0 Å². The van der Waals surface area contributed by atoms with Gasteiger partial charge >= 0.3 is 5.97 Å². The highest BCUT2D eigenvalue weighted by Gasteiger charge is 2.23. The summed E-state index contributed by atoms with van der Waals surface area (Å²) in [5.74, 6) is -0.467. The van der Waals surface area contributed by atoms with Gasteiger partial charge in [0.1, 0.15) is 4.90 Å². The van der Waals surface area contributed by atoms with E-state index in [4.69, 9.17) is 27.9 Å². The lowest BCUT2D eigenvalue weighted by Gasteiger charge is -2.15. The molecule has 0 aliphatic carbocycles. The van der Waals surface area contributed by atoms with Crippen molar-refractivity contribution in [2.24, 2.45) is 0 Å². The van der Waals surface area contributed by atoms with Crippen molar-refractivity contribution < 1.29 is 17.9 Å². The Morgan fingerprint density at radius 3 is 2.52 bits per heavy atom. The van der Waals surface area contributed by atoms with Crippen LogP contribution in [0.2, 0.25) is 10.0 Å². The molecule has 0 heterocycles. The summed E-state index contributed by atoms with van der Waals surface area (Å²) >= 11 is 11.8. The van der Waals surface area contributed by atoms with E-state index in [1.165, 1.54) is 12.1 Å². The van der Waals surface area contributed by atoms with Crippen molar-refractivity contribution in [1.82, 2.24) is 4.72 Å². The van der Waals surface area contributed by atoms with Crippen LogP contribution >= 0.6 is 23.2 Å². The molecule has 0 fully saturated rings. The summed E-state index contributed by atoms with van der Waals surface area (Å²) in [6, 6.07) is 2.16. The highest BCUT2D eigenvalue weighted by Crippen LogP contribution is 2.28. The summed E-state index contributed by atoms with van der Waals surface area (Å²) in [6.45, 7) is 5.19. The molecule has 1 atom stereocenters. The monoisotopic (exact) mass is 353 g/mol. The van der Waals surface area contributed by atoms with Crippen molar-refractivity contribution in [3.05, 3.63) is 27.7 Å². The third-order valence-electron chi connectivity index (χ3n) is 2.64. The van der Waals surface area contributed by atoms with Crippen LogP contribution in [0.4, 0.5) is 0 Å². The fourth-order valence-corrected chi connectivity index (χ4v) is 3.75. The fraction of sp³-hybridized carbons (Fsp3) is 0.462. The molecule has 1 aromatic rings. The molecule has 1 aromatic carbocycles. The van der Waals surface area contributed by atoms with Gasteiger partial charge in [0, 0.05) is 11.1 Å². The molecule has 0 radical (unpaired) electrons. The SMILES string of the molecule is CCOC(=O)CC(C)NS(=O)(=O)c1cc(C)c(Cl)cc1Cl. The van der Waals surface area contributed by atoms with Crippen LogP contribution in [0.25, 0.3) is 0 Å². The van der Waals surface area contributed by atoms with Gasteiger partial charge in [-0.05, 0) is 38.5 Å². The topological polar surface area (TPSA) is 72.5 Å². The molecule has 118 valence electrons. The quantitative estimate of drug-likeness (QED) is 0.798. The van der Waals surface area contributed by atoms with E-state index in [0.717, 1.165) is 0 Å². The van der Waals surface area contributed by atoms with Gasteiger partial charge in [-0.2, -0.15) is 0 Å². The highest BCUT2D eigenvalue weighted by atomic mass is 35.5. The van der Waals surface area contributed by atoms with Crippen LogP contribution in [0.15, 0.2) is 17.0 Å². The highest BCUT2D eigenvalue weighted by molar-refractivity contribution is 7.89. The Morgan fingerprint density at radius 1 is 1.33 bits per heavy atom. The zero-order valence-electron chi connectivity index (χ0n) is 11.9. The second-order valence-electron chi connectivity index (χ2n) is 4.56.